The van der Waals surface area contributed by atoms with Crippen molar-refractivity contribution in [3.05, 3.63) is 149 Å². The maximum absolute atomic E-state index is 5.66. The first-order valence-corrected chi connectivity index (χ1v) is 13.2. The zero-order valence-electron chi connectivity index (χ0n) is 21.4. The summed E-state index contributed by atoms with van der Waals surface area (Å²) < 4.78 is 11.3. The van der Waals surface area contributed by atoms with Crippen LogP contribution in [0.2, 0.25) is 0 Å². The molecule has 2 heteroatoms. The van der Waals surface area contributed by atoms with Gasteiger partial charge in [-0.1, -0.05) is 60.7 Å². The molecule has 4 aliphatic carbocycles. The molecule has 38 heavy (non-hydrogen) atoms. The molecule has 0 saturated carbocycles. The molecule has 2 unspecified atom stereocenters. The van der Waals surface area contributed by atoms with Crippen LogP contribution in [0.1, 0.15) is 11.1 Å². The first kappa shape index (κ1) is 21.5. The second-order valence-electron chi connectivity index (χ2n) is 10.4. The summed E-state index contributed by atoms with van der Waals surface area (Å²) >= 11 is 0. The van der Waals surface area contributed by atoms with Gasteiger partial charge in [0.2, 0.25) is 0 Å². The van der Waals surface area contributed by atoms with Crippen LogP contribution in [0, 0.1) is 11.8 Å². The van der Waals surface area contributed by atoms with Crippen LogP contribution in [0.3, 0.4) is 0 Å². The summed E-state index contributed by atoms with van der Waals surface area (Å²) in [7, 11) is 3.48. The van der Waals surface area contributed by atoms with Crippen LogP contribution in [0.25, 0.3) is 38.2 Å². The molecule has 0 N–H and O–H groups in total. The van der Waals surface area contributed by atoms with Crippen molar-refractivity contribution in [3.63, 3.8) is 0 Å². The van der Waals surface area contributed by atoms with Gasteiger partial charge in [0.1, 0.15) is 11.5 Å². The van der Waals surface area contributed by atoms with Gasteiger partial charge in [0, 0.05) is 11.8 Å². The van der Waals surface area contributed by atoms with E-state index >= 15 is 0 Å². The summed E-state index contributed by atoms with van der Waals surface area (Å²) in [6, 6.07) is 27.0. The van der Waals surface area contributed by atoms with E-state index in [4.69, 9.17) is 9.47 Å². The van der Waals surface area contributed by atoms with Gasteiger partial charge in [0.15, 0.2) is 0 Å². The highest BCUT2D eigenvalue weighted by Gasteiger charge is 2.41. The molecule has 0 radical (unpaired) electrons. The summed E-state index contributed by atoms with van der Waals surface area (Å²) in [6.45, 7) is 0. The molecule has 0 spiro atoms. The van der Waals surface area contributed by atoms with Crippen molar-refractivity contribution in [1.29, 1.82) is 0 Å². The monoisotopic (exact) mass is 490 g/mol. The van der Waals surface area contributed by atoms with Crippen molar-refractivity contribution in [2.75, 3.05) is 14.2 Å². The Labute approximate surface area is 222 Å². The lowest BCUT2D eigenvalue weighted by molar-refractivity contribution is 0.304. The van der Waals surface area contributed by atoms with Gasteiger partial charge in [-0.3, -0.25) is 0 Å². The molecule has 0 amide bonds. The van der Waals surface area contributed by atoms with Gasteiger partial charge >= 0.3 is 0 Å². The fraction of sp³-hybridized carbons (Fsp3) is 0.111. The van der Waals surface area contributed by atoms with Crippen LogP contribution in [-0.2, 0) is 9.47 Å². The number of allylic oxidation sites excluding steroid dienone is 9. The van der Waals surface area contributed by atoms with Crippen LogP contribution in [-0.4, -0.2) is 14.2 Å². The van der Waals surface area contributed by atoms with E-state index in [1.54, 1.807) is 14.2 Å². The van der Waals surface area contributed by atoms with Gasteiger partial charge in [-0.25, -0.2) is 0 Å². The third kappa shape index (κ3) is 2.95. The quantitative estimate of drug-likeness (QED) is 0.247. The molecule has 0 aliphatic heterocycles. The Kier molecular flexibility index (Phi) is 4.51. The Morgan fingerprint density at radius 2 is 0.921 bits per heavy atom. The molecule has 4 aromatic carbocycles. The Bertz CT molecular complexity index is 1750. The lowest BCUT2D eigenvalue weighted by Gasteiger charge is -2.22. The van der Waals surface area contributed by atoms with E-state index in [0.717, 1.165) is 11.5 Å². The van der Waals surface area contributed by atoms with Gasteiger partial charge in [0.25, 0.3) is 0 Å². The maximum atomic E-state index is 5.66. The minimum Gasteiger partial charge on any atom is -0.497 e. The number of hydrogen-bond acceptors (Lipinski definition) is 2. The SMILES string of the molecule is COC1=CC2=C3C=C(OC)C=CC3C(=C3c4cc5ccccc5cc4-c4cc5ccccc5cc43)C2C=C1. The van der Waals surface area contributed by atoms with E-state index in [2.05, 4.69) is 109 Å². The number of fused-ring (bicyclic) bond motifs is 7. The molecule has 8 rings (SSSR count). The van der Waals surface area contributed by atoms with Crippen molar-refractivity contribution in [3.8, 4) is 11.1 Å². The zero-order valence-corrected chi connectivity index (χ0v) is 21.4. The number of methoxy groups -OCH3 is 2. The molecule has 4 aliphatic rings. The predicted octanol–water partition coefficient (Wildman–Crippen LogP) is 8.52. The summed E-state index contributed by atoms with van der Waals surface area (Å²) in [5.74, 6) is 2.13. The molecule has 4 aromatic rings. The second-order valence-corrected chi connectivity index (χ2v) is 10.4. The van der Waals surface area contributed by atoms with Gasteiger partial charge < -0.3 is 9.47 Å². The van der Waals surface area contributed by atoms with Crippen LogP contribution >= 0.6 is 0 Å². The van der Waals surface area contributed by atoms with Gasteiger partial charge in [-0.2, -0.15) is 0 Å². The van der Waals surface area contributed by atoms with Crippen molar-refractivity contribution < 1.29 is 9.47 Å². The van der Waals surface area contributed by atoms with E-state index in [-0.39, 0.29) is 11.8 Å². The molecule has 0 heterocycles. The molecule has 0 bridgehead atoms. The summed E-state index contributed by atoms with van der Waals surface area (Å²) in [5, 5.41) is 5.10. The highest BCUT2D eigenvalue weighted by molar-refractivity contribution is 6.10. The molecule has 0 aromatic heterocycles. The topological polar surface area (TPSA) is 18.5 Å². The minimum atomic E-state index is 0.178. The van der Waals surface area contributed by atoms with E-state index in [0.29, 0.717) is 0 Å². The third-order valence-corrected chi connectivity index (χ3v) is 8.54. The average Bonchev–Trinajstić information content (AvgIpc) is 3.44. The molecule has 0 saturated heterocycles. The van der Waals surface area contributed by atoms with Crippen molar-refractivity contribution in [2.45, 2.75) is 0 Å². The van der Waals surface area contributed by atoms with Crippen molar-refractivity contribution in [2.24, 2.45) is 11.8 Å². The molecule has 0 fully saturated rings. The highest BCUT2D eigenvalue weighted by atomic mass is 16.5. The largest absolute Gasteiger partial charge is 0.497 e. The van der Waals surface area contributed by atoms with E-state index < -0.39 is 0 Å². The zero-order chi connectivity index (χ0) is 25.4. The lowest BCUT2D eigenvalue weighted by Crippen LogP contribution is -2.09. The lowest BCUT2D eigenvalue weighted by atomic mass is 9.81. The van der Waals surface area contributed by atoms with Crippen LogP contribution in [0.15, 0.2) is 137 Å². The maximum Gasteiger partial charge on any atom is 0.118 e. The molecule has 182 valence electrons. The van der Waals surface area contributed by atoms with Crippen LogP contribution < -0.4 is 0 Å². The van der Waals surface area contributed by atoms with Gasteiger partial charge in [-0.15, -0.1) is 0 Å². The first-order valence-electron chi connectivity index (χ1n) is 13.2. The Morgan fingerprint density at radius 3 is 1.32 bits per heavy atom. The Hall–Kier alpha value is -4.56. The summed E-state index contributed by atoms with van der Waals surface area (Å²) in [6.07, 6.45) is 13.3. The Balaban J connectivity index is 1.47. The molecule has 2 atom stereocenters. The standard InChI is InChI=1S/C36H26O2/c1-37-25-11-13-27-31(19-25)32-20-26(38-2)12-14-28(32)35(27)36-33-17-23-9-5-3-7-21(23)15-29(33)30-16-22-8-4-6-10-24(22)18-34(30)36/h3-20,27-28H,1-2H3. The summed E-state index contributed by atoms with van der Waals surface area (Å²) in [4.78, 5) is 0. The number of benzene rings is 4. The fourth-order valence-electron chi connectivity index (χ4n) is 6.79. The molecular weight excluding hydrogens is 464 g/mol. The van der Waals surface area contributed by atoms with Gasteiger partial charge in [-0.05, 0) is 115 Å². The fourth-order valence-corrected chi connectivity index (χ4v) is 6.79. The normalized spacial score (nSPS) is 20.8. The van der Waals surface area contributed by atoms with E-state index in [1.807, 2.05) is 0 Å². The number of ether oxygens (including phenoxy) is 2. The van der Waals surface area contributed by atoms with Crippen LogP contribution in [0.4, 0.5) is 0 Å². The predicted molar refractivity (Wildman–Crippen MR) is 155 cm³/mol. The van der Waals surface area contributed by atoms with Crippen molar-refractivity contribution in [1.82, 2.24) is 0 Å². The smallest absolute Gasteiger partial charge is 0.118 e. The second kappa shape index (κ2) is 7.97. The van der Waals surface area contributed by atoms with E-state index in [9.17, 15) is 0 Å². The highest BCUT2D eigenvalue weighted by Crippen LogP contribution is 2.56. The number of hydrogen-bond donors (Lipinski definition) is 0. The third-order valence-electron chi connectivity index (χ3n) is 8.54. The van der Waals surface area contributed by atoms with E-state index in [1.165, 1.54) is 66.1 Å². The van der Waals surface area contributed by atoms with Gasteiger partial charge in [0.05, 0.1) is 14.2 Å². The summed E-state index contributed by atoms with van der Waals surface area (Å²) in [5.41, 5.74) is 10.7. The Morgan fingerprint density at radius 1 is 0.526 bits per heavy atom. The number of rotatable bonds is 2. The minimum absolute atomic E-state index is 0.178. The molecule has 2 nitrogen and oxygen atoms in total. The molecular formula is C36H26O2. The van der Waals surface area contributed by atoms with Crippen molar-refractivity contribution >= 4 is 27.1 Å². The van der Waals surface area contributed by atoms with Crippen LogP contribution in [0.5, 0.6) is 0 Å². The average molecular weight is 491 g/mol. The first-order chi connectivity index (χ1) is 18.7.